The number of para-hydroxylation sites is 3. The molecule has 3 aromatic heterocycles. The first-order chi connectivity index (χ1) is 23.2. The van der Waals surface area contributed by atoms with Crippen LogP contribution in [0.3, 0.4) is 0 Å². The van der Waals surface area contributed by atoms with Gasteiger partial charge in [-0.25, -0.2) is 0 Å². The van der Waals surface area contributed by atoms with E-state index >= 15 is 0 Å². The van der Waals surface area contributed by atoms with E-state index in [1.54, 1.807) is 7.11 Å². The zero-order valence-electron chi connectivity index (χ0n) is 25.6. The van der Waals surface area contributed by atoms with Crippen molar-refractivity contribution >= 4 is 65.6 Å². The summed E-state index contributed by atoms with van der Waals surface area (Å²) in [5.41, 5.74) is 11.0. The Labute approximate surface area is 270 Å². The van der Waals surface area contributed by atoms with E-state index in [9.17, 15) is 0 Å². The number of furan rings is 1. The van der Waals surface area contributed by atoms with E-state index in [2.05, 4.69) is 137 Å². The minimum Gasteiger partial charge on any atom is -0.497 e. The monoisotopic (exact) mass is 604 g/mol. The zero-order chi connectivity index (χ0) is 31.1. The van der Waals surface area contributed by atoms with Crippen LogP contribution in [-0.2, 0) is 0 Å². The van der Waals surface area contributed by atoms with Gasteiger partial charge in [0.15, 0.2) is 0 Å². The molecule has 0 aliphatic carbocycles. The lowest BCUT2D eigenvalue weighted by Crippen LogP contribution is -1.94. The summed E-state index contributed by atoms with van der Waals surface area (Å²) in [4.78, 5) is 0. The highest BCUT2D eigenvalue weighted by Crippen LogP contribution is 2.39. The Bertz CT molecular complexity index is 2830. The Morgan fingerprint density at radius 1 is 0.404 bits per heavy atom. The normalized spacial score (nSPS) is 11.9. The number of benzene rings is 7. The summed E-state index contributed by atoms with van der Waals surface area (Å²) in [5.74, 6) is 0.849. The zero-order valence-corrected chi connectivity index (χ0v) is 25.6. The van der Waals surface area contributed by atoms with Crippen molar-refractivity contribution in [1.29, 1.82) is 0 Å². The number of aromatic nitrogens is 2. The van der Waals surface area contributed by atoms with E-state index in [-0.39, 0.29) is 0 Å². The van der Waals surface area contributed by atoms with Gasteiger partial charge < -0.3 is 18.3 Å². The van der Waals surface area contributed by atoms with Gasteiger partial charge >= 0.3 is 0 Å². The maximum atomic E-state index is 6.31. The molecule has 0 saturated carbocycles. The molecule has 0 fully saturated rings. The topological polar surface area (TPSA) is 32.2 Å². The van der Waals surface area contributed by atoms with E-state index in [4.69, 9.17) is 9.15 Å². The molecule has 47 heavy (non-hydrogen) atoms. The summed E-state index contributed by atoms with van der Waals surface area (Å²) in [6.45, 7) is 0. The third-order valence-corrected chi connectivity index (χ3v) is 9.63. The molecule has 0 aliphatic heterocycles. The van der Waals surface area contributed by atoms with Crippen molar-refractivity contribution < 1.29 is 9.15 Å². The molecule has 10 aromatic rings. The second kappa shape index (κ2) is 9.87. The molecule has 3 heterocycles. The first-order valence-electron chi connectivity index (χ1n) is 15.9. The smallest absolute Gasteiger partial charge is 0.137 e. The van der Waals surface area contributed by atoms with Crippen LogP contribution in [0.15, 0.2) is 156 Å². The largest absolute Gasteiger partial charge is 0.497 e. The highest BCUT2D eigenvalue weighted by Gasteiger charge is 2.17. The Morgan fingerprint density at radius 3 is 1.74 bits per heavy atom. The average molecular weight is 605 g/mol. The molecule has 4 heteroatoms. The molecule has 0 atom stereocenters. The molecule has 0 bridgehead atoms. The quantitative estimate of drug-likeness (QED) is 0.200. The lowest BCUT2D eigenvalue weighted by molar-refractivity contribution is 0.415. The van der Waals surface area contributed by atoms with Crippen molar-refractivity contribution in [2.75, 3.05) is 7.11 Å². The van der Waals surface area contributed by atoms with E-state index in [0.29, 0.717) is 0 Å². The van der Waals surface area contributed by atoms with Gasteiger partial charge in [0.25, 0.3) is 0 Å². The van der Waals surface area contributed by atoms with Crippen LogP contribution in [0.5, 0.6) is 5.75 Å². The Morgan fingerprint density at radius 2 is 0.957 bits per heavy atom. The van der Waals surface area contributed by atoms with Crippen LogP contribution in [0.25, 0.3) is 88.1 Å². The summed E-state index contributed by atoms with van der Waals surface area (Å²) in [5, 5.41) is 7.19. The first kappa shape index (κ1) is 26.0. The molecule has 0 aliphatic rings. The summed E-state index contributed by atoms with van der Waals surface area (Å²) in [7, 11) is 1.70. The van der Waals surface area contributed by atoms with Crippen molar-refractivity contribution in [3.8, 4) is 28.3 Å². The van der Waals surface area contributed by atoms with Gasteiger partial charge in [-0.3, -0.25) is 0 Å². The molecule has 10 rings (SSSR count). The number of hydrogen-bond donors (Lipinski definition) is 0. The molecular weight excluding hydrogens is 576 g/mol. The van der Waals surface area contributed by atoms with Crippen molar-refractivity contribution in [1.82, 2.24) is 9.13 Å². The molecule has 0 amide bonds. The van der Waals surface area contributed by atoms with Crippen LogP contribution in [0.1, 0.15) is 0 Å². The van der Waals surface area contributed by atoms with Gasteiger partial charge in [0, 0.05) is 49.8 Å². The fourth-order valence-electron chi connectivity index (χ4n) is 7.44. The fraction of sp³-hybridized carbons (Fsp3) is 0.0233. The van der Waals surface area contributed by atoms with E-state index in [1.165, 1.54) is 54.7 Å². The predicted molar refractivity (Wildman–Crippen MR) is 194 cm³/mol. The predicted octanol–water partition coefficient (Wildman–Crippen LogP) is 11.5. The summed E-state index contributed by atoms with van der Waals surface area (Å²) in [6.07, 6.45) is 0. The second-order valence-corrected chi connectivity index (χ2v) is 12.1. The van der Waals surface area contributed by atoms with Gasteiger partial charge in [0.2, 0.25) is 0 Å². The maximum absolute atomic E-state index is 6.31. The van der Waals surface area contributed by atoms with Crippen LogP contribution in [0.4, 0.5) is 0 Å². The third kappa shape index (κ3) is 3.82. The lowest BCUT2D eigenvalue weighted by Gasteiger charge is -2.10. The van der Waals surface area contributed by atoms with Gasteiger partial charge in [-0.1, -0.05) is 72.8 Å². The average Bonchev–Trinajstić information content (AvgIpc) is 3.78. The van der Waals surface area contributed by atoms with Crippen LogP contribution in [-0.4, -0.2) is 16.2 Å². The molecule has 222 valence electrons. The van der Waals surface area contributed by atoms with Gasteiger partial charge in [-0.2, -0.15) is 0 Å². The van der Waals surface area contributed by atoms with Gasteiger partial charge in [-0.05, 0) is 83.9 Å². The van der Waals surface area contributed by atoms with E-state index in [1.807, 2.05) is 24.3 Å². The van der Waals surface area contributed by atoms with Crippen molar-refractivity contribution in [3.63, 3.8) is 0 Å². The van der Waals surface area contributed by atoms with Gasteiger partial charge in [-0.15, -0.1) is 0 Å². The van der Waals surface area contributed by atoms with Crippen molar-refractivity contribution in [2.24, 2.45) is 0 Å². The van der Waals surface area contributed by atoms with Crippen LogP contribution >= 0.6 is 0 Å². The van der Waals surface area contributed by atoms with Crippen molar-refractivity contribution in [3.05, 3.63) is 152 Å². The number of hydrogen-bond acceptors (Lipinski definition) is 2. The molecule has 0 N–H and O–H groups in total. The summed E-state index contributed by atoms with van der Waals surface area (Å²) < 4.78 is 16.4. The number of rotatable bonds is 4. The van der Waals surface area contributed by atoms with E-state index < -0.39 is 0 Å². The molecule has 0 saturated heterocycles. The summed E-state index contributed by atoms with van der Waals surface area (Å²) >= 11 is 0. The molecule has 0 radical (unpaired) electrons. The lowest BCUT2D eigenvalue weighted by atomic mass is 10.0. The fourth-order valence-corrected chi connectivity index (χ4v) is 7.44. The molecule has 0 unspecified atom stereocenters. The SMILES string of the molecule is COc1ccc(-n2c3ccccc3c3cc(-c4ccc5c6ccccc6n(-c6ccc7c(c6)oc6ccccc67)c5c4)ccc32)cc1. The Hall–Kier alpha value is -6.26. The van der Waals surface area contributed by atoms with Gasteiger partial charge in [0.1, 0.15) is 16.9 Å². The number of ether oxygens (including phenoxy) is 1. The van der Waals surface area contributed by atoms with Crippen LogP contribution < -0.4 is 4.74 Å². The molecule has 0 spiro atoms. The highest BCUT2D eigenvalue weighted by atomic mass is 16.5. The highest BCUT2D eigenvalue weighted by molar-refractivity contribution is 6.13. The molecule has 7 aromatic carbocycles. The van der Waals surface area contributed by atoms with Crippen LogP contribution in [0.2, 0.25) is 0 Å². The second-order valence-electron chi connectivity index (χ2n) is 12.1. The van der Waals surface area contributed by atoms with Crippen molar-refractivity contribution in [2.45, 2.75) is 0 Å². The first-order valence-corrected chi connectivity index (χ1v) is 15.9. The number of nitrogens with zero attached hydrogens (tertiary/aromatic N) is 2. The number of methoxy groups -OCH3 is 1. The molecular formula is C43H28N2O2. The minimum atomic E-state index is 0.849. The summed E-state index contributed by atoms with van der Waals surface area (Å²) in [6, 6.07) is 54.1. The Kier molecular flexibility index (Phi) is 5.46. The minimum absolute atomic E-state index is 0.849. The van der Waals surface area contributed by atoms with E-state index in [0.717, 1.165) is 39.1 Å². The standard InChI is InChI=1S/C43H28N2O2/c1-46-31-19-16-29(17-20-31)44-39-12-6-3-9-33(39)37-24-27(15-23-40(37)44)28-14-21-34-32-8-2-5-11-38(32)45(41(34)25-28)30-18-22-36-35-10-4-7-13-42(35)47-43(36)26-30/h2-26H,1H3. The maximum Gasteiger partial charge on any atom is 0.137 e. The third-order valence-electron chi connectivity index (χ3n) is 9.63. The molecule has 4 nitrogen and oxygen atoms in total. The van der Waals surface area contributed by atoms with Gasteiger partial charge in [0.05, 0.1) is 29.2 Å². The van der Waals surface area contributed by atoms with Crippen LogP contribution in [0, 0.1) is 0 Å². The Balaban J connectivity index is 1.18. The number of fused-ring (bicyclic) bond motifs is 9.